The molecule has 2 aromatic carbocycles. The molecule has 2 fully saturated rings. The van der Waals surface area contributed by atoms with Crippen molar-refractivity contribution in [2.75, 3.05) is 6.54 Å². The lowest BCUT2D eigenvalue weighted by molar-refractivity contribution is -0.0412. The molecule has 0 aromatic heterocycles. The smallest absolute Gasteiger partial charge is 0.407 e. The third-order valence-corrected chi connectivity index (χ3v) is 10.9. The molecule has 0 bridgehead atoms. The van der Waals surface area contributed by atoms with Crippen LogP contribution < -0.4 is 10.6 Å². The number of amides is 1. The second-order valence-corrected chi connectivity index (χ2v) is 16.8. The van der Waals surface area contributed by atoms with Crippen LogP contribution in [0.2, 0.25) is 0 Å². The highest BCUT2D eigenvalue weighted by atomic mass is 16.6. The molecular formula is C39H60N2O2. The summed E-state index contributed by atoms with van der Waals surface area (Å²) in [6.07, 6.45) is 3.88. The van der Waals surface area contributed by atoms with Gasteiger partial charge in [0.2, 0.25) is 0 Å². The zero-order valence-corrected chi connectivity index (χ0v) is 29.0. The fourth-order valence-corrected chi connectivity index (χ4v) is 7.25. The number of hydrogen-bond acceptors (Lipinski definition) is 3. The number of hydrogen-bond donors (Lipinski definition) is 2. The van der Waals surface area contributed by atoms with Crippen molar-refractivity contribution >= 4 is 6.09 Å². The summed E-state index contributed by atoms with van der Waals surface area (Å²) in [5, 5.41) is 7.05. The highest BCUT2D eigenvalue weighted by Crippen LogP contribution is 2.46. The van der Waals surface area contributed by atoms with Gasteiger partial charge in [-0.05, 0) is 69.6 Å². The number of nitrogens with one attached hydrogen (secondary N) is 2. The normalized spacial score (nSPS) is 25.3. The summed E-state index contributed by atoms with van der Waals surface area (Å²) < 4.78 is 6.25. The van der Waals surface area contributed by atoms with Gasteiger partial charge < -0.3 is 15.4 Å². The molecular weight excluding hydrogens is 528 g/mol. The highest BCUT2D eigenvalue weighted by molar-refractivity contribution is 5.68. The quantitative estimate of drug-likeness (QED) is 0.339. The van der Waals surface area contributed by atoms with Crippen LogP contribution in [0.1, 0.15) is 130 Å². The first-order valence-corrected chi connectivity index (χ1v) is 16.9. The van der Waals surface area contributed by atoms with E-state index in [1.807, 2.05) is 0 Å². The number of ether oxygens (including phenoxy) is 1. The molecule has 1 saturated heterocycles. The highest BCUT2D eigenvalue weighted by Gasteiger charge is 2.43. The minimum absolute atomic E-state index is 0.0262. The fourth-order valence-electron chi connectivity index (χ4n) is 7.25. The molecule has 5 unspecified atom stereocenters. The molecule has 1 aliphatic heterocycles. The van der Waals surface area contributed by atoms with Crippen LogP contribution in [0, 0.1) is 23.2 Å². The third kappa shape index (κ3) is 8.04. The summed E-state index contributed by atoms with van der Waals surface area (Å²) in [4.78, 5) is 13.3. The zero-order chi connectivity index (χ0) is 31.7. The Bertz CT molecular complexity index is 1140. The molecule has 2 aliphatic rings. The summed E-state index contributed by atoms with van der Waals surface area (Å²) in [6, 6.07) is 18.6. The Balaban J connectivity index is 1.50. The van der Waals surface area contributed by atoms with Crippen molar-refractivity contribution in [3.8, 4) is 0 Å². The zero-order valence-electron chi connectivity index (χ0n) is 29.0. The minimum atomic E-state index is -0.253. The molecule has 2 N–H and O–H groups in total. The van der Waals surface area contributed by atoms with Crippen LogP contribution in [-0.4, -0.2) is 30.8 Å². The molecule has 238 valence electrons. The molecule has 4 rings (SSSR count). The number of carbonyl (C=O) groups is 1. The molecule has 43 heavy (non-hydrogen) atoms. The van der Waals surface area contributed by atoms with E-state index in [2.05, 4.69) is 135 Å². The summed E-state index contributed by atoms with van der Waals surface area (Å²) in [5.41, 5.74) is 5.67. The van der Waals surface area contributed by atoms with Crippen LogP contribution in [0.25, 0.3) is 0 Å². The number of rotatable bonds is 7. The van der Waals surface area contributed by atoms with Gasteiger partial charge in [0.05, 0.1) is 0 Å². The van der Waals surface area contributed by atoms with E-state index in [4.69, 9.17) is 4.74 Å². The Morgan fingerprint density at radius 3 is 1.79 bits per heavy atom. The monoisotopic (exact) mass is 588 g/mol. The van der Waals surface area contributed by atoms with Crippen molar-refractivity contribution in [2.45, 2.75) is 137 Å². The number of alkyl carbamates (subject to hydrolysis) is 1. The molecule has 4 nitrogen and oxygen atoms in total. The molecule has 5 atom stereocenters. The van der Waals surface area contributed by atoms with Crippen LogP contribution >= 0.6 is 0 Å². The van der Waals surface area contributed by atoms with E-state index in [0.29, 0.717) is 17.8 Å². The van der Waals surface area contributed by atoms with Gasteiger partial charge in [0.1, 0.15) is 6.10 Å². The average Bonchev–Trinajstić information content (AvgIpc) is 3.35. The average molecular weight is 589 g/mol. The summed E-state index contributed by atoms with van der Waals surface area (Å²) in [7, 11) is 0. The minimum Gasteiger partial charge on any atom is -0.446 e. The van der Waals surface area contributed by atoms with E-state index in [0.717, 1.165) is 25.8 Å². The molecule has 0 spiro atoms. The SMILES string of the molecule is CC1CCC(C(C)(C)C(C)C)C(OC(=O)NC2CNC(C(c3ccc(C(C)(C)C)cc3)c3ccc(C(C)(C)C)cc3)C2)C1. The van der Waals surface area contributed by atoms with E-state index in [1.165, 1.54) is 28.7 Å². The van der Waals surface area contributed by atoms with Crippen LogP contribution in [0.5, 0.6) is 0 Å². The third-order valence-electron chi connectivity index (χ3n) is 10.9. The lowest BCUT2D eigenvalue weighted by atomic mass is 9.63. The van der Waals surface area contributed by atoms with Crippen LogP contribution in [0.15, 0.2) is 48.5 Å². The molecule has 1 saturated carbocycles. The van der Waals surface area contributed by atoms with Gasteiger partial charge in [-0.3, -0.25) is 0 Å². The summed E-state index contributed by atoms with van der Waals surface area (Å²) in [5.74, 6) is 1.71. The molecule has 1 heterocycles. The molecule has 2 aromatic rings. The number of benzene rings is 2. The van der Waals surface area contributed by atoms with E-state index in [1.54, 1.807) is 0 Å². The van der Waals surface area contributed by atoms with Crippen molar-refractivity contribution in [1.29, 1.82) is 0 Å². The van der Waals surface area contributed by atoms with Gasteiger partial charge in [-0.15, -0.1) is 0 Å². The first kappa shape index (κ1) is 33.6. The first-order valence-electron chi connectivity index (χ1n) is 16.9. The van der Waals surface area contributed by atoms with Gasteiger partial charge in [-0.1, -0.05) is 131 Å². The Morgan fingerprint density at radius 2 is 1.33 bits per heavy atom. The van der Waals surface area contributed by atoms with Crippen LogP contribution in [0.3, 0.4) is 0 Å². The van der Waals surface area contributed by atoms with Crippen molar-refractivity contribution < 1.29 is 9.53 Å². The van der Waals surface area contributed by atoms with Crippen LogP contribution in [-0.2, 0) is 15.6 Å². The van der Waals surface area contributed by atoms with Gasteiger partial charge in [-0.2, -0.15) is 0 Å². The number of carbonyl (C=O) groups excluding carboxylic acids is 1. The lowest BCUT2D eigenvalue weighted by Crippen LogP contribution is -2.46. The Hall–Kier alpha value is -2.33. The maximum atomic E-state index is 13.3. The van der Waals surface area contributed by atoms with Crippen molar-refractivity contribution in [3.63, 3.8) is 0 Å². The topological polar surface area (TPSA) is 50.4 Å². The van der Waals surface area contributed by atoms with E-state index < -0.39 is 0 Å². The first-order chi connectivity index (χ1) is 20.0. The Kier molecular flexibility index (Phi) is 10.1. The summed E-state index contributed by atoms with van der Waals surface area (Å²) >= 11 is 0. The predicted octanol–water partition coefficient (Wildman–Crippen LogP) is 9.36. The molecule has 0 radical (unpaired) electrons. The largest absolute Gasteiger partial charge is 0.446 e. The van der Waals surface area contributed by atoms with Gasteiger partial charge >= 0.3 is 6.09 Å². The predicted molar refractivity (Wildman–Crippen MR) is 181 cm³/mol. The molecule has 4 heteroatoms. The van der Waals surface area contributed by atoms with Gasteiger partial charge in [0.25, 0.3) is 0 Å². The second-order valence-electron chi connectivity index (χ2n) is 16.8. The van der Waals surface area contributed by atoms with E-state index in [-0.39, 0.29) is 46.4 Å². The Labute approximate surface area is 263 Å². The fraction of sp³-hybridized carbons (Fsp3) is 0.667. The van der Waals surface area contributed by atoms with E-state index >= 15 is 0 Å². The van der Waals surface area contributed by atoms with Crippen LogP contribution in [0.4, 0.5) is 4.79 Å². The van der Waals surface area contributed by atoms with Gasteiger partial charge in [0.15, 0.2) is 0 Å². The van der Waals surface area contributed by atoms with Crippen molar-refractivity contribution in [2.24, 2.45) is 23.2 Å². The van der Waals surface area contributed by atoms with Crippen molar-refractivity contribution in [1.82, 2.24) is 10.6 Å². The van der Waals surface area contributed by atoms with E-state index in [9.17, 15) is 4.79 Å². The maximum absolute atomic E-state index is 13.3. The maximum Gasteiger partial charge on any atom is 0.407 e. The summed E-state index contributed by atoms with van der Waals surface area (Å²) in [6.45, 7) is 25.9. The second kappa shape index (κ2) is 13.0. The molecule has 1 aliphatic carbocycles. The van der Waals surface area contributed by atoms with Gasteiger partial charge in [0, 0.05) is 30.5 Å². The lowest BCUT2D eigenvalue weighted by Gasteiger charge is -2.45. The molecule has 1 amide bonds. The Morgan fingerprint density at radius 1 is 0.814 bits per heavy atom. The standard InChI is InChI=1S/C39H60N2O2/c1-25(2)39(10,11)32-21-12-26(3)22-34(32)43-36(42)41-31-23-33(40-24-31)35(27-13-17-29(18-14-27)37(4,5)6)28-15-19-30(20-16-28)38(7,8)9/h13-20,25-26,31-35,40H,12,21-24H2,1-11H3,(H,41,42). The van der Waals surface area contributed by atoms with Crippen molar-refractivity contribution in [3.05, 3.63) is 70.8 Å². The van der Waals surface area contributed by atoms with Gasteiger partial charge in [-0.25, -0.2) is 4.79 Å².